The standard InChI is InChI=1S/C21H29ClN4O2S/c1-3-25(4-2)20(16-7-12-29-15-16)14-23-21(27)24-18-13-17(22)5-6-19(18)26-8-10-28-11-9-26/h5-7,12-13,15,20H,3-4,8-11,14H2,1-2H3,(H2,23,24,27). The summed E-state index contributed by atoms with van der Waals surface area (Å²) in [7, 11) is 0. The maximum absolute atomic E-state index is 12.7. The van der Waals surface area contributed by atoms with Crippen molar-refractivity contribution in [2.45, 2.75) is 19.9 Å². The zero-order valence-electron chi connectivity index (χ0n) is 17.0. The molecule has 2 amide bonds. The summed E-state index contributed by atoms with van der Waals surface area (Å²) in [5, 5.41) is 10.9. The summed E-state index contributed by atoms with van der Waals surface area (Å²) >= 11 is 7.87. The number of benzene rings is 1. The van der Waals surface area contributed by atoms with Gasteiger partial charge in [0, 0.05) is 24.7 Å². The van der Waals surface area contributed by atoms with Gasteiger partial charge in [0.15, 0.2) is 0 Å². The molecule has 29 heavy (non-hydrogen) atoms. The number of hydrogen-bond acceptors (Lipinski definition) is 5. The highest BCUT2D eigenvalue weighted by Crippen LogP contribution is 2.30. The maximum atomic E-state index is 12.7. The number of halogens is 1. The first-order valence-electron chi connectivity index (χ1n) is 10.1. The van der Waals surface area contributed by atoms with Gasteiger partial charge in [-0.1, -0.05) is 25.4 Å². The van der Waals surface area contributed by atoms with Gasteiger partial charge in [-0.2, -0.15) is 11.3 Å². The lowest BCUT2D eigenvalue weighted by atomic mass is 10.1. The van der Waals surface area contributed by atoms with Crippen molar-refractivity contribution in [2.24, 2.45) is 0 Å². The summed E-state index contributed by atoms with van der Waals surface area (Å²) in [4.78, 5) is 17.3. The Labute approximate surface area is 181 Å². The number of nitrogens with one attached hydrogen (secondary N) is 2. The molecule has 1 saturated heterocycles. The average Bonchev–Trinajstić information content (AvgIpc) is 3.26. The van der Waals surface area contributed by atoms with Crippen molar-refractivity contribution >= 4 is 40.3 Å². The summed E-state index contributed by atoms with van der Waals surface area (Å²) in [6.07, 6.45) is 0. The van der Waals surface area contributed by atoms with Gasteiger partial charge >= 0.3 is 6.03 Å². The number of carbonyl (C=O) groups is 1. The molecule has 0 spiro atoms. The summed E-state index contributed by atoms with van der Waals surface area (Å²) in [6, 6.07) is 7.65. The fourth-order valence-electron chi connectivity index (χ4n) is 3.63. The van der Waals surface area contributed by atoms with Crippen molar-refractivity contribution in [1.29, 1.82) is 0 Å². The Morgan fingerprint density at radius 1 is 1.28 bits per heavy atom. The molecule has 3 rings (SSSR count). The minimum absolute atomic E-state index is 0.153. The second-order valence-corrected chi connectivity index (χ2v) is 8.11. The molecule has 1 atom stereocenters. The average molecular weight is 437 g/mol. The molecule has 1 unspecified atom stereocenters. The summed E-state index contributed by atoms with van der Waals surface area (Å²) < 4.78 is 5.44. The molecule has 1 aliphatic heterocycles. The van der Waals surface area contributed by atoms with E-state index < -0.39 is 0 Å². The van der Waals surface area contributed by atoms with Crippen molar-refractivity contribution in [3.05, 3.63) is 45.6 Å². The molecular weight excluding hydrogens is 408 g/mol. The number of nitrogens with zero attached hydrogens (tertiary/aromatic N) is 2. The van der Waals surface area contributed by atoms with Crippen molar-refractivity contribution in [2.75, 3.05) is 56.2 Å². The van der Waals surface area contributed by atoms with Crippen LogP contribution < -0.4 is 15.5 Å². The highest BCUT2D eigenvalue weighted by Gasteiger charge is 2.20. The van der Waals surface area contributed by atoms with Crippen LogP contribution in [0.15, 0.2) is 35.0 Å². The maximum Gasteiger partial charge on any atom is 0.319 e. The molecule has 0 radical (unpaired) electrons. The molecule has 1 aromatic carbocycles. The monoisotopic (exact) mass is 436 g/mol. The van der Waals surface area contributed by atoms with E-state index in [0.717, 1.165) is 31.9 Å². The van der Waals surface area contributed by atoms with Crippen LogP contribution in [0.3, 0.4) is 0 Å². The minimum Gasteiger partial charge on any atom is -0.378 e. The second-order valence-electron chi connectivity index (χ2n) is 6.89. The van der Waals surface area contributed by atoms with Crippen LogP contribution in [-0.2, 0) is 4.74 Å². The van der Waals surface area contributed by atoms with Crippen LogP contribution in [0.25, 0.3) is 0 Å². The normalized spacial score (nSPS) is 15.4. The van der Waals surface area contributed by atoms with Crippen molar-refractivity contribution in [1.82, 2.24) is 10.2 Å². The van der Waals surface area contributed by atoms with Crippen LogP contribution in [0, 0.1) is 0 Å². The van der Waals surface area contributed by atoms with Gasteiger partial charge in [-0.15, -0.1) is 0 Å². The van der Waals surface area contributed by atoms with Gasteiger partial charge in [0.1, 0.15) is 0 Å². The van der Waals surface area contributed by atoms with Crippen LogP contribution in [0.4, 0.5) is 16.2 Å². The zero-order chi connectivity index (χ0) is 20.6. The molecular formula is C21H29ClN4O2S. The van der Waals surface area contributed by atoms with Crippen molar-refractivity contribution in [3.63, 3.8) is 0 Å². The first-order valence-corrected chi connectivity index (χ1v) is 11.4. The minimum atomic E-state index is -0.228. The number of ether oxygens (including phenoxy) is 1. The molecule has 1 fully saturated rings. The summed E-state index contributed by atoms with van der Waals surface area (Å²) in [5.74, 6) is 0. The van der Waals surface area contributed by atoms with Gasteiger partial charge < -0.3 is 20.3 Å². The molecule has 0 saturated carbocycles. The number of likely N-dealkylation sites (N-methyl/N-ethyl adjacent to an activating group) is 1. The SMILES string of the molecule is CCN(CC)C(CNC(=O)Nc1cc(Cl)ccc1N1CCOCC1)c1ccsc1. The molecule has 0 bridgehead atoms. The van der Waals surface area contributed by atoms with Gasteiger partial charge in [0.2, 0.25) is 0 Å². The molecule has 2 aromatic rings. The summed E-state index contributed by atoms with van der Waals surface area (Å²) in [6.45, 7) is 9.62. The van der Waals surface area contributed by atoms with Crippen LogP contribution in [0.2, 0.25) is 5.02 Å². The Balaban J connectivity index is 1.67. The Morgan fingerprint density at radius 2 is 2.03 bits per heavy atom. The number of anilines is 2. The van der Waals surface area contributed by atoms with E-state index in [4.69, 9.17) is 16.3 Å². The third-order valence-corrected chi connectivity index (χ3v) is 6.13. The van der Waals surface area contributed by atoms with Crippen LogP contribution in [0.1, 0.15) is 25.5 Å². The first kappa shape index (κ1) is 21.9. The quantitative estimate of drug-likeness (QED) is 0.642. The second kappa shape index (κ2) is 10.8. The predicted octanol–water partition coefficient (Wildman–Crippen LogP) is 4.44. The Kier molecular flexibility index (Phi) is 8.18. The molecule has 1 aromatic heterocycles. The zero-order valence-corrected chi connectivity index (χ0v) is 18.6. The number of morpholine rings is 1. The van der Waals surface area contributed by atoms with Crippen LogP contribution in [0.5, 0.6) is 0 Å². The van der Waals surface area contributed by atoms with Gasteiger partial charge in [0.25, 0.3) is 0 Å². The van der Waals surface area contributed by atoms with Gasteiger partial charge in [-0.3, -0.25) is 4.90 Å². The molecule has 1 aliphatic rings. The molecule has 2 N–H and O–H groups in total. The van der Waals surface area contributed by atoms with Crippen LogP contribution >= 0.6 is 22.9 Å². The van der Waals surface area contributed by atoms with E-state index in [1.807, 2.05) is 12.1 Å². The number of hydrogen-bond donors (Lipinski definition) is 2. The topological polar surface area (TPSA) is 56.8 Å². The molecule has 2 heterocycles. The number of amides is 2. The Bertz CT molecular complexity index is 777. The molecule has 8 heteroatoms. The largest absolute Gasteiger partial charge is 0.378 e. The summed E-state index contributed by atoms with van der Waals surface area (Å²) in [5.41, 5.74) is 2.91. The highest BCUT2D eigenvalue weighted by molar-refractivity contribution is 7.08. The van der Waals surface area contributed by atoms with E-state index in [0.29, 0.717) is 30.5 Å². The fourth-order valence-corrected chi connectivity index (χ4v) is 4.51. The lowest BCUT2D eigenvalue weighted by molar-refractivity contribution is 0.123. The van der Waals surface area contributed by atoms with E-state index >= 15 is 0 Å². The predicted molar refractivity (Wildman–Crippen MR) is 121 cm³/mol. The molecule has 0 aliphatic carbocycles. The van der Waals surface area contributed by atoms with Crippen molar-refractivity contribution < 1.29 is 9.53 Å². The smallest absolute Gasteiger partial charge is 0.319 e. The lowest BCUT2D eigenvalue weighted by Gasteiger charge is -2.31. The van der Waals surface area contributed by atoms with Gasteiger partial charge in [0.05, 0.1) is 30.6 Å². The third kappa shape index (κ3) is 5.85. The van der Waals surface area contributed by atoms with Crippen LogP contribution in [-0.4, -0.2) is 56.9 Å². The van der Waals surface area contributed by atoms with Gasteiger partial charge in [-0.05, 0) is 53.7 Å². The lowest BCUT2D eigenvalue weighted by Crippen LogP contribution is -2.40. The third-order valence-electron chi connectivity index (χ3n) is 5.20. The number of urea groups is 1. The van der Waals surface area contributed by atoms with Gasteiger partial charge in [-0.25, -0.2) is 4.79 Å². The van der Waals surface area contributed by atoms with E-state index in [2.05, 4.69) is 51.1 Å². The molecule has 158 valence electrons. The van der Waals surface area contributed by atoms with E-state index in [1.165, 1.54) is 5.56 Å². The van der Waals surface area contributed by atoms with Crippen molar-refractivity contribution in [3.8, 4) is 0 Å². The number of rotatable bonds is 8. The first-order chi connectivity index (χ1) is 14.1. The Morgan fingerprint density at radius 3 is 2.69 bits per heavy atom. The van der Waals surface area contributed by atoms with E-state index in [1.54, 1.807) is 17.4 Å². The number of carbonyl (C=O) groups excluding carboxylic acids is 1. The Hall–Kier alpha value is -1.80. The van der Waals surface area contributed by atoms with E-state index in [9.17, 15) is 4.79 Å². The highest BCUT2D eigenvalue weighted by atomic mass is 35.5. The molecule has 6 nitrogen and oxygen atoms in total. The number of thiophene rings is 1. The van der Waals surface area contributed by atoms with E-state index in [-0.39, 0.29) is 12.1 Å². The fraction of sp³-hybridized carbons (Fsp3) is 0.476.